The van der Waals surface area contributed by atoms with E-state index in [-0.39, 0.29) is 5.78 Å². The van der Waals surface area contributed by atoms with Crippen molar-refractivity contribution in [2.45, 2.75) is 26.2 Å². The molecule has 0 N–H and O–H groups in total. The maximum Gasteiger partial charge on any atom is 0.213 e. The molecule has 0 saturated carbocycles. The largest absolute Gasteiger partial charge is 0.478 e. The Balaban J connectivity index is 2.34. The van der Waals surface area contributed by atoms with Gasteiger partial charge in [-0.3, -0.25) is 4.79 Å². The number of Topliss-reactive ketones (excluding diaryl/α,β-unsaturated/α-hetero) is 1. The third-order valence-corrected chi connectivity index (χ3v) is 2.36. The monoisotopic (exact) mass is 191 g/mol. The second-order valence-electron chi connectivity index (χ2n) is 3.35. The van der Waals surface area contributed by atoms with E-state index in [1.54, 1.807) is 6.07 Å². The first-order chi connectivity index (χ1) is 6.81. The predicted octanol–water partition coefficient (Wildman–Crippen LogP) is 2.00. The van der Waals surface area contributed by atoms with Crippen LogP contribution in [0.3, 0.4) is 0 Å². The van der Waals surface area contributed by atoms with Gasteiger partial charge in [0, 0.05) is 18.1 Å². The average molecular weight is 191 g/mol. The Kier molecular flexibility index (Phi) is 2.48. The zero-order chi connectivity index (χ0) is 9.97. The topological polar surface area (TPSA) is 39.2 Å². The van der Waals surface area contributed by atoms with Gasteiger partial charge in [0.1, 0.15) is 0 Å². The fourth-order valence-corrected chi connectivity index (χ4v) is 1.71. The summed E-state index contributed by atoms with van der Waals surface area (Å²) < 4.78 is 5.28. The normalized spacial score (nSPS) is 15.1. The van der Waals surface area contributed by atoms with Crippen molar-refractivity contribution >= 4 is 5.78 Å². The van der Waals surface area contributed by atoms with Gasteiger partial charge in [0.05, 0.1) is 12.3 Å². The summed E-state index contributed by atoms with van der Waals surface area (Å²) in [6.45, 7) is 2.53. The minimum Gasteiger partial charge on any atom is -0.478 e. The number of carbonyl (C=O) groups excluding carboxylic acids is 1. The van der Waals surface area contributed by atoms with E-state index in [1.165, 1.54) is 0 Å². The van der Waals surface area contributed by atoms with Gasteiger partial charge in [-0.25, -0.2) is 4.98 Å². The first kappa shape index (κ1) is 9.19. The molecule has 2 rings (SSSR count). The first-order valence-electron chi connectivity index (χ1n) is 4.97. The van der Waals surface area contributed by atoms with E-state index in [4.69, 9.17) is 4.74 Å². The lowest BCUT2D eigenvalue weighted by atomic mass is 9.95. The lowest BCUT2D eigenvalue weighted by Gasteiger charge is -2.14. The molecule has 3 heteroatoms. The van der Waals surface area contributed by atoms with Crippen LogP contribution in [0.15, 0.2) is 12.1 Å². The van der Waals surface area contributed by atoms with Gasteiger partial charge in [0.15, 0.2) is 5.78 Å². The number of hydrogen-bond donors (Lipinski definition) is 0. The smallest absolute Gasteiger partial charge is 0.213 e. The Morgan fingerprint density at radius 2 is 2.29 bits per heavy atom. The highest BCUT2D eigenvalue weighted by Gasteiger charge is 2.18. The van der Waals surface area contributed by atoms with Crippen LogP contribution in [-0.4, -0.2) is 17.4 Å². The standard InChI is InChI=1S/C11H13NO2/c1-2-14-11-7-6-8-9(12-11)4-3-5-10(8)13/h6-7H,2-5H2,1H3. The molecule has 14 heavy (non-hydrogen) atoms. The predicted molar refractivity (Wildman–Crippen MR) is 52.7 cm³/mol. The summed E-state index contributed by atoms with van der Waals surface area (Å²) in [4.78, 5) is 15.8. The van der Waals surface area contributed by atoms with Crippen molar-refractivity contribution in [2.24, 2.45) is 0 Å². The molecule has 0 aliphatic heterocycles. The summed E-state index contributed by atoms with van der Waals surface area (Å²) in [6.07, 6.45) is 2.46. The van der Waals surface area contributed by atoms with Gasteiger partial charge in [0.2, 0.25) is 5.88 Å². The maximum atomic E-state index is 11.5. The second kappa shape index (κ2) is 3.78. The minimum absolute atomic E-state index is 0.210. The number of ether oxygens (including phenoxy) is 1. The van der Waals surface area contributed by atoms with E-state index >= 15 is 0 Å². The number of pyridine rings is 1. The fourth-order valence-electron chi connectivity index (χ4n) is 1.71. The molecule has 3 nitrogen and oxygen atoms in total. The van der Waals surface area contributed by atoms with Gasteiger partial charge >= 0.3 is 0 Å². The number of aromatic nitrogens is 1. The molecule has 74 valence electrons. The lowest BCUT2D eigenvalue weighted by Crippen LogP contribution is -2.12. The van der Waals surface area contributed by atoms with Gasteiger partial charge in [0.25, 0.3) is 0 Å². The van der Waals surface area contributed by atoms with E-state index < -0.39 is 0 Å². The van der Waals surface area contributed by atoms with Crippen LogP contribution in [0.1, 0.15) is 35.8 Å². The van der Waals surface area contributed by atoms with Gasteiger partial charge < -0.3 is 4.74 Å². The van der Waals surface area contributed by atoms with E-state index in [0.29, 0.717) is 18.9 Å². The SMILES string of the molecule is CCOc1ccc2c(n1)CCCC2=O. The summed E-state index contributed by atoms with van der Waals surface area (Å²) in [5, 5.41) is 0. The Hall–Kier alpha value is -1.38. The molecule has 0 atom stereocenters. The molecule has 0 fully saturated rings. The molecule has 1 heterocycles. The molecule has 0 amide bonds. The lowest BCUT2D eigenvalue weighted by molar-refractivity contribution is 0.0971. The molecule has 1 aliphatic rings. The number of aryl methyl sites for hydroxylation is 1. The van der Waals surface area contributed by atoms with Gasteiger partial charge in [-0.2, -0.15) is 0 Å². The molecular formula is C11H13NO2. The van der Waals surface area contributed by atoms with Crippen LogP contribution < -0.4 is 4.74 Å². The van der Waals surface area contributed by atoms with Crippen LogP contribution in [0, 0.1) is 0 Å². The van der Waals surface area contributed by atoms with E-state index in [1.807, 2.05) is 13.0 Å². The summed E-state index contributed by atoms with van der Waals surface area (Å²) in [5.74, 6) is 0.836. The van der Waals surface area contributed by atoms with Crippen LogP contribution in [0.4, 0.5) is 0 Å². The fraction of sp³-hybridized carbons (Fsp3) is 0.455. The first-order valence-corrected chi connectivity index (χ1v) is 4.97. The van der Waals surface area contributed by atoms with Gasteiger partial charge in [-0.1, -0.05) is 0 Å². The molecular weight excluding hydrogens is 178 g/mol. The zero-order valence-electron chi connectivity index (χ0n) is 8.25. The van der Waals surface area contributed by atoms with Crippen LogP contribution in [0.2, 0.25) is 0 Å². The van der Waals surface area contributed by atoms with Crippen molar-refractivity contribution in [3.63, 3.8) is 0 Å². The van der Waals surface area contributed by atoms with Crippen molar-refractivity contribution in [2.75, 3.05) is 6.61 Å². The van der Waals surface area contributed by atoms with Crippen LogP contribution >= 0.6 is 0 Å². The summed E-state index contributed by atoms with van der Waals surface area (Å²) >= 11 is 0. The number of hydrogen-bond acceptors (Lipinski definition) is 3. The van der Waals surface area contributed by atoms with Crippen molar-refractivity contribution in [1.29, 1.82) is 0 Å². The number of rotatable bonds is 2. The highest BCUT2D eigenvalue weighted by Crippen LogP contribution is 2.21. The van der Waals surface area contributed by atoms with E-state index in [9.17, 15) is 4.79 Å². The molecule has 0 aromatic carbocycles. The third kappa shape index (κ3) is 1.62. The third-order valence-electron chi connectivity index (χ3n) is 2.36. The molecule has 0 saturated heterocycles. The van der Waals surface area contributed by atoms with Crippen LogP contribution in [-0.2, 0) is 6.42 Å². The van der Waals surface area contributed by atoms with Gasteiger partial charge in [-0.05, 0) is 25.8 Å². The van der Waals surface area contributed by atoms with Crippen molar-refractivity contribution < 1.29 is 9.53 Å². The minimum atomic E-state index is 0.210. The molecule has 1 aromatic heterocycles. The van der Waals surface area contributed by atoms with E-state index in [2.05, 4.69) is 4.98 Å². The number of nitrogens with zero attached hydrogens (tertiary/aromatic N) is 1. The van der Waals surface area contributed by atoms with Crippen LogP contribution in [0.25, 0.3) is 0 Å². The molecule has 0 spiro atoms. The van der Waals surface area contributed by atoms with Crippen molar-refractivity contribution in [3.8, 4) is 5.88 Å². The Bertz CT molecular complexity index is 360. The average Bonchev–Trinajstić information content (AvgIpc) is 2.18. The molecule has 1 aromatic rings. The van der Waals surface area contributed by atoms with E-state index in [0.717, 1.165) is 24.1 Å². The number of carbonyl (C=O) groups is 1. The summed E-state index contributed by atoms with van der Waals surface area (Å²) in [6, 6.07) is 3.60. The molecule has 1 aliphatic carbocycles. The number of ketones is 1. The molecule has 0 radical (unpaired) electrons. The highest BCUT2D eigenvalue weighted by atomic mass is 16.5. The zero-order valence-corrected chi connectivity index (χ0v) is 8.25. The van der Waals surface area contributed by atoms with Crippen molar-refractivity contribution in [3.05, 3.63) is 23.4 Å². The molecule has 0 bridgehead atoms. The Labute approximate surface area is 83.1 Å². The summed E-state index contributed by atoms with van der Waals surface area (Å²) in [7, 11) is 0. The second-order valence-corrected chi connectivity index (χ2v) is 3.35. The maximum absolute atomic E-state index is 11.5. The number of fused-ring (bicyclic) bond motifs is 1. The quantitative estimate of drug-likeness (QED) is 0.717. The van der Waals surface area contributed by atoms with Crippen molar-refractivity contribution in [1.82, 2.24) is 4.98 Å². The Morgan fingerprint density at radius 3 is 3.07 bits per heavy atom. The summed E-state index contributed by atoms with van der Waals surface area (Å²) in [5.41, 5.74) is 1.67. The van der Waals surface area contributed by atoms with Gasteiger partial charge in [-0.15, -0.1) is 0 Å². The van der Waals surface area contributed by atoms with Crippen LogP contribution in [0.5, 0.6) is 5.88 Å². The Morgan fingerprint density at radius 1 is 1.43 bits per heavy atom. The molecule has 0 unspecified atom stereocenters. The highest BCUT2D eigenvalue weighted by molar-refractivity contribution is 5.98.